The Balaban J connectivity index is 3.07. The first kappa shape index (κ1) is 15.3. The van der Waals surface area contributed by atoms with Gasteiger partial charge in [-0.1, -0.05) is 55.5 Å². The van der Waals surface area contributed by atoms with Crippen molar-refractivity contribution in [2.75, 3.05) is 0 Å². The average Bonchev–Trinajstić information content (AvgIpc) is 2.34. The maximum absolute atomic E-state index is 5.97. The average molecular weight is 255 g/mol. The van der Waals surface area contributed by atoms with E-state index in [1.807, 2.05) is 6.08 Å². The molecule has 1 rings (SSSR count). The van der Waals surface area contributed by atoms with Crippen LogP contribution in [0.3, 0.4) is 0 Å². The SMILES string of the molecule is C=CC(CC)(CC(=C)c1cc(C)cc(C)c1)C(=C)N. The molecule has 0 bridgehead atoms. The van der Waals surface area contributed by atoms with E-state index in [9.17, 15) is 0 Å². The molecule has 0 fully saturated rings. The second-order valence-electron chi connectivity index (χ2n) is 5.40. The largest absolute Gasteiger partial charge is 0.402 e. The number of allylic oxidation sites excluding steroid dienone is 2. The van der Waals surface area contributed by atoms with Crippen LogP contribution in [0.1, 0.15) is 36.5 Å². The van der Waals surface area contributed by atoms with Crippen LogP contribution >= 0.6 is 0 Å². The third-order valence-corrected chi connectivity index (χ3v) is 3.82. The summed E-state index contributed by atoms with van der Waals surface area (Å²) in [5.41, 5.74) is 11.1. The molecule has 0 heterocycles. The van der Waals surface area contributed by atoms with Crippen LogP contribution in [-0.2, 0) is 0 Å². The predicted octanol–water partition coefficient (Wildman–Crippen LogP) is 4.76. The van der Waals surface area contributed by atoms with Crippen molar-refractivity contribution in [3.05, 3.63) is 66.4 Å². The summed E-state index contributed by atoms with van der Waals surface area (Å²) in [5, 5.41) is 0. The van der Waals surface area contributed by atoms with Crippen LogP contribution in [0, 0.1) is 19.3 Å². The van der Waals surface area contributed by atoms with E-state index in [1.165, 1.54) is 16.7 Å². The van der Waals surface area contributed by atoms with Crippen molar-refractivity contribution >= 4 is 5.57 Å². The Bertz CT molecular complexity index is 490. The molecule has 102 valence electrons. The topological polar surface area (TPSA) is 26.0 Å². The minimum absolute atomic E-state index is 0.255. The molecule has 0 aliphatic rings. The van der Waals surface area contributed by atoms with Crippen LogP contribution in [0.25, 0.3) is 5.57 Å². The van der Waals surface area contributed by atoms with Gasteiger partial charge in [0.1, 0.15) is 0 Å². The standard InChI is InChI=1S/C18H25N/c1-7-18(8-2,16(6)19)12-15(5)17-10-13(3)9-14(4)11-17/h7,9-11H,1,5-6,8,12,19H2,2-4H3. The Kier molecular flexibility index (Phi) is 4.77. The van der Waals surface area contributed by atoms with Gasteiger partial charge in [0, 0.05) is 11.1 Å². The molecule has 1 nitrogen and oxygen atoms in total. The van der Waals surface area contributed by atoms with Crippen LogP contribution in [0.2, 0.25) is 0 Å². The minimum Gasteiger partial charge on any atom is -0.402 e. The number of aryl methyl sites for hydroxylation is 2. The van der Waals surface area contributed by atoms with E-state index in [4.69, 9.17) is 5.73 Å². The Morgan fingerprint density at radius 1 is 1.21 bits per heavy atom. The van der Waals surface area contributed by atoms with Gasteiger partial charge in [0.05, 0.1) is 0 Å². The molecule has 0 saturated heterocycles. The number of nitrogens with two attached hydrogens (primary N) is 1. The Hall–Kier alpha value is -1.76. The van der Waals surface area contributed by atoms with Crippen molar-refractivity contribution in [2.24, 2.45) is 11.1 Å². The maximum atomic E-state index is 5.97. The second-order valence-corrected chi connectivity index (χ2v) is 5.40. The first-order chi connectivity index (χ1) is 8.84. The highest BCUT2D eigenvalue weighted by Crippen LogP contribution is 2.38. The third-order valence-electron chi connectivity index (χ3n) is 3.82. The molecule has 1 atom stereocenters. The van der Waals surface area contributed by atoms with E-state index in [0.717, 1.165) is 18.4 Å². The van der Waals surface area contributed by atoms with E-state index in [0.29, 0.717) is 5.70 Å². The molecule has 2 N–H and O–H groups in total. The lowest BCUT2D eigenvalue weighted by molar-refractivity contribution is 0.452. The smallest absolute Gasteiger partial charge is 0.0307 e. The third kappa shape index (κ3) is 3.37. The molecular weight excluding hydrogens is 230 g/mol. The molecule has 1 aromatic carbocycles. The lowest BCUT2D eigenvalue weighted by atomic mass is 9.76. The number of rotatable bonds is 6. The Morgan fingerprint density at radius 3 is 2.11 bits per heavy atom. The molecule has 0 radical (unpaired) electrons. The van der Waals surface area contributed by atoms with Crippen LogP contribution in [0.15, 0.2) is 49.7 Å². The van der Waals surface area contributed by atoms with Crippen molar-refractivity contribution in [1.82, 2.24) is 0 Å². The fourth-order valence-electron chi connectivity index (χ4n) is 2.47. The molecule has 0 aliphatic heterocycles. The molecule has 1 heteroatoms. The van der Waals surface area contributed by atoms with E-state index < -0.39 is 0 Å². The maximum Gasteiger partial charge on any atom is 0.0307 e. The van der Waals surface area contributed by atoms with Crippen LogP contribution in [0.4, 0.5) is 0 Å². The molecule has 0 aliphatic carbocycles. The van der Waals surface area contributed by atoms with E-state index in [-0.39, 0.29) is 5.41 Å². The zero-order valence-electron chi connectivity index (χ0n) is 12.4. The van der Waals surface area contributed by atoms with Gasteiger partial charge >= 0.3 is 0 Å². The zero-order valence-corrected chi connectivity index (χ0v) is 12.4. The fourth-order valence-corrected chi connectivity index (χ4v) is 2.47. The van der Waals surface area contributed by atoms with Crippen molar-refractivity contribution in [2.45, 2.75) is 33.6 Å². The summed E-state index contributed by atoms with van der Waals surface area (Å²) >= 11 is 0. The van der Waals surface area contributed by atoms with E-state index >= 15 is 0 Å². The second kappa shape index (κ2) is 5.92. The summed E-state index contributed by atoms with van der Waals surface area (Å²) in [4.78, 5) is 0. The van der Waals surface area contributed by atoms with E-state index in [1.54, 1.807) is 0 Å². The lowest BCUT2D eigenvalue weighted by Crippen LogP contribution is -2.24. The first-order valence-electron chi connectivity index (χ1n) is 6.69. The lowest BCUT2D eigenvalue weighted by Gasteiger charge is -2.30. The van der Waals surface area contributed by atoms with Crippen molar-refractivity contribution in [1.29, 1.82) is 0 Å². The predicted molar refractivity (Wildman–Crippen MR) is 85.8 cm³/mol. The van der Waals surface area contributed by atoms with Gasteiger partial charge in [0.2, 0.25) is 0 Å². The Labute approximate surface area is 117 Å². The molecular formula is C18H25N. The molecule has 0 saturated carbocycles. The van der Waals surface area contributed by atoms with Gasteiger partial charge < -0.3 is 5.73 Å². The highest BCUT2D eigenvalue weighted by molar-refractivity contribution is 5.66. The van der Waals surface area contributed by atoms with Gasteiger partial charge in [0.25, 0.3) is 0 Å². The van der Waals surface area contributed by atoms with Crippen molar-refractivity contribution in [3.63, 3.8) is 0 Å². The summed E-state index contributed by atoms with van der Waals surface area (Å²) < 4.78 is 0. The summed E-state index contributed by atoms with van der Waals surface area (Å²) in [7, 11) is 0. The molecule has 0 spiro atoms. The normalized spacial score (nSPS) is 13.6. The summed E-state index contributed by atoms with van der Waals surface area (Å²) in [5.74, 6) is 0. The summed E-state index contributed by atoms with van der Waals surface area (Å²) in [6.45, 7) is 18.4. The molecule has 0 aromatic heterocycles. The molecule has 0 amide bonds. The van der Waals surface area contributed by atoms with Gasteiger partial charge in [0.15, 0.2) is 0 Å². The number of hydrogen-bond acceptors (Lipinski definition) is 1. The van der Waals surface area contributed by atoms with Gasteiger partial charge in [-0.05, 0) is 37.8 Å². The first-order valence-corrected chi connectivity index (χ1v) is 6.69. The monoisotopic (exact) mass is 255 g/mol. The number of hydrogen-bond donors (Lipinski definition) is 1. The summed E-state index contributed by atoms with van der Waals surface area (Å²) in [6.07, 6.45) is 3.56. The van der Waals surface area contributed by atoms with Crippen molar-refractivity contribution < 1.29 is 0 Å². The van der Waals surface area contributed by atoms with Gasteiger partial charge in [-0.15, -0.1) is 6.58 Å². The van der Waals surface area contributed by atoms with Crippen LogP contribution in [-0.4, -0.2) is 0 Å². The molecule has 1 aromatic rings. The van der Waals surface area contributed by atoms with Crippen LogP contribution < -0.4 is 5.73 Å². The highest BCUT2D eigenvalue weighted by Gasteiger charge is 2.27. The fraction of sp³-hybridized carbons (Fsp3) is 0.333. The van der Waals surface area contributed by atoms with Gasteiger partial charge in [-0.25, -0.2) is 0 Å². The van der Waals surface area contributed by atoms with Crippen molar-refractivity contribution in [3.8, 4) is 0 Å². The Morgan fingerprint density at radius 2 is 1.74 bits per heavy atom. The van der Waals surface area contributed by atoms with Gasteiger partial charge in [-0.2, -0.15) is 0 Å². The molecule has 1 unspecified atom stereocenters. The summed E-state index contributed by atoms with van der Waals surface area (Å²) in [6, 6.07) is 6.50. The molecule has 19 heavy (non-hydrogen) atoms. The van der Waals surface area contributed by atoms with E-state index in [2.05, 4.69) is 58.7 Å². The van der Waals surface area contributed by atoms with Gasteiger partial charge in [-0.3, -0.25) is 0 Å². The zero-order chi connectivity index (χ0) is 14.6. The quantitative estimate of drug-likeness (QED) is 0.729. The minimum atomic E-state index is -0.255. The van der Waals surface area contributed by atoms with Crippen LogP contribution in [0.5, 0.6) is 0 Å². The number of benzene rings is 1. The highest BCUT2D eigenvalue weighted by atomic mass is 14.6.